The molecular weight excluding hydrogens is 328 g/mol. The molecule has 0 bridgehead atoms. The van der Waals surface area contributed by atoms with Crippen LogP contribution >= 0.6 is 0 Å². The molecule has 0 radical (unpaired) electrons. The van der Waals surface area contributed by atoms with Crippen LogP contribution in [-0.4, -0.2) is 64.5 Å². The second kappa shape index (κ2) is 6.42. The van der Waals surface area contributed by atoms with Crippen molar-refractivity contribution in [2.75, 3.05) is 19.8 Å². The van der Waals surface area contributed by atoms with Gasteiger partial charge < -0.3 is 14.6 Å². The first-order chi connectivity index (χ1) is 11.8. The highest BCUT2D eigenvalue weighted by Crippen LogP contribution is 2.41. The van der Waals surface area contributed by atoms with Crippen LogP contribution in [0.4, 0.5) is 0 Å². The number of aliphatic carboxylic acids is 1. The Kier molecular flexibility index (Phi) is 4.59. The van der Waals surface area contributed by atoms with Gasteiger partial charge in [-0.15, -0.1) is 0 Å². The summed E-state index contributed by atoms with van der Waals surface area (Å²) in [6, 6.07) is 0. The Morgan fingerprint density at radius 1 is 1.36 bits per heavy atom. The second-order valence-corrected chi connectivity index (χ2v) is 7.11. The molecule has 138 valence electrons. The van der Waals surface area contributed by atoms with Crippen LogP contribution in [-0.2, 0) is 23.9 Å². The van der Waals surface area contributed by atoms with Crippen LogP contribution in [0.2, 0.25) is 0 Å². The lowest BCUT2D eigenvalue weighted by molar-refractivity contribution is -0.172. The van der Waals surface area contributed by atoms with E-state index in [1.54, 1.807) is 13.0 Å². The fourth-order valence-corrected chi connectivity index (χ4v) is 3.50. The van der Waals surface area contributed by atoms with E-state index in [0.29, 0.717) is 6.61 Å². The van der Waals surface area contributed by atoms with Crippen molar-refractivity contribution < 1.29 is 29.0 Å². The van der Waals surface area contributed by atoms with E-state index in [9.17, 15) is 19.5 Å². The van der Waals surface area contributed by atoms with Crippen LogP contribution in [0.25, 0.3) is 0 Å². The van der Waals surface area contributed by atoms with Gasteiger partial charge in [-0.1, -0.05) is 6.08 Å². The van der Waals surface area contributed by atoms with Gasteiger partial charge in [-0.05, 0) is 45.6 Å². The molecule has 3 atom stereocenters. The number of rotatable bonds is 5. The van der Waals surface area contributed by atoms with Crippen molar-refractivity contribution in [2.45, 2.75) is 51.4 Å². The first-order valence-electron chi connectivity index (χ1n) is 8.61. The third-order valence-corrected chi connectivity index (χ3v) is 5.25. The van der Waals surface area contributed by atoms with E-state index < -0.39 is 22.8 Å². The molecule has 0 aliphatic carbocycles. The van der Waals surface area contributed by atoms with Crippen LogP contribution < -0.4 is 0 Å². The van der Waals surface area contributed by atoms with Crippen molar-refractivity contribution in [3.05, 3.63) is 12.2 Å². The predicted octanol–water partition coefficient (Wildman–Crippen LogP) is 0.925. The molecule has 2 saturated heterocycles. The zero-order valence-electron chi connectivity index (χ0n) is 14.6. The normalized spacial score (nSPS) is 35.2. The van der Waals surface area contributed by atoms with Crippen LogP contribution in [0, 0.1) is 5.41 Å². The third kappa shape index (κ3) is 2.83. The highest BCUT2D eigenvalue weighted by Gasteiger charge is 2.61. The van der Waals surface area contributed by atoms with Gasteiger partial charge in [-0.2, -0.15) is 0 Å². The van der Waals surface area contributed by atoms with E-state index in [0.717, 1.165) is 24.3 Å². The average molecular weight is 352 g/mol. The summed E-state index contributed by atoms with van der Waals surface area (Å²) in [6.45, 7) is 4.03. The monoisotopic (exact) mass is 352 g/mol. The van der Waals surface area contributed by atoms with E-state index >= 15 is 0 Å². The summed E-state index contributed by atoms with van der Waals surface area (Å²) < 4.78 is 11.2. The van der Waals surface area contributed by atoms with Gasteiger partial charge in [0.1, 0.15) is 5.41 Å². The van der Waals surface area contributed by atoms with Crippen molar-refractivity contribution in [1.29, 1.82) is 0 Å². The number of fused-ring (bicyclic) bond motifs is 1. The molecule has 3 heterocycles. The van der Waals surface area contributed by atoms with Crippen LogP contribution in [0.5, 0.6) is 0 Å². The number of amides is 2. The number of hydrogen-bond donors (Lipinski definition) is 1. The largest absolute Gasteiger partial charge is 0.479 e. The van der Waals surface area contributed by atoms with E-state index in [1.165, 1.54) is 18.0 Å². The van der Waals surface area contributed by atoms with Crippen LogP contribution in [0.1, 0.15) is 39.5 Å². The van der Waals surface area contributed by atoms with Crippen molar-refractivity contribution in [3.8, 4) is 0 Å². The maximum Gasteiger partial charge on any atom is 0.335 e. The summed E-state index contributed by atoms with van der Waals surface area (Å²) in [7, 11) is 0. The summed E-state index contributed by atoms with van der Waals surface area (Å²) in [4.78, 5) is 37.4. The molecule has 1 N–H and O–H groups in total. The van der Waals surface area contributed by atoms with E-state index in [1.807, 2.05) is 0 Å². The van der Waals surface area contributed by atoms with Crippen LogP contribution in [0.3, 0.4) is 0 Å². The highest BCUT2D eigenvalue weighted by atomic mass is 16.7. The molecule has 8 heteroatoms. The molecule has 3 aliphatic rings. The molecule has 0 aromatic heterocycles. The first-order valence-corrected chi connectivity index (χ1v) is 8.61. The number of carbonyl (C=O) groups excluding carboxylic acids is 2. The topological polar surface area (TPSA) is 96.4 Å². The molecule has 2 amide bonds. The van der Waals surface area contributed by atoms with Crippen molar-refractivity contribution in [2.24, 2.45) is 5.41 Å². The van der Waals surface area contributed by atoms with Gasteiger partial charge in [-0.25, -0.2) is 14.8 Å². The Hall–Kier alpha value is -1.93. The molecule has 3 aliphatic heterocycles. The Bertz CT molecular complexity index is 614. The lowest BCUT2D eigenvalue weighted by Gasteiger charge is -2.40. The number of ether oxygens (including phenoxy) is 2. The number of nitrogens with zero attached hydrogens (tertiary/aromatic N) is 2. The van der Waals surface area contributed by atoms with Gasteiger partial charge in [0.25, 0.3) is 11.8 Å². The van der Waals surface area contributed by atoms with Gasteiger partial charge in [0, 0.05) is 6.61 Å². The second-order valence-electron chi connectivity index (χ2n) is 7.11. The Balaban J connectivity index is 1.73. The maximum atomic E-state index is 13.0. The van der Waals surface area contributed by atoms with Gasteiger partial charge >= 0.3 is 5.97 Å². The van der Waals surface area contributed by atoms with E-state index in [-0.39, 0.29) is 31.8 Å². The summed E-state index contributed by atoms with van der Waals surface area (Å²) in [6.07, 6.45) is 5.80. The summed E-state index contributed by atoms with van der Waals surface area (Å²) in [5.74, 6) is -2.06. The Morgan fingerprint density at radius 2 is 2.12 bits per heavy atom. The lowest BCUT2D eigenvalue weighted by Crippen LogP contribution is -2.60. The zero-order chi connectivity index (χ0) is 18.2. The quantitative estimate of drug-likeness (QED) is 0.584. The zero-order valence-corrected chi connectivity index (χ0v) is 14.6. The van der Waals surface area contributed by atoms with Gasteiger partial charge in [0.15, 0.2) is 11.8 Å². The highest BCUT2D eigenvalue weighted by molar-refractivity contribution is 6.11. The Morgan fingerprint density at radius 3 is 2.76 bits per heavy atom. The predicted molar refractivity (Wildman–Crippen MR) is 86.0 cm³/mol. The molecule has 25 heavy (non-hydrogen) atoms. The smallest absolute Gasteiger partial charge is 0.335 e. The fourth-order valence-electron chi connectivity index (χ4n) is 3.50. The minimum absolute atomic E-state index is 0.188. The van der Waals surface area contributed by atoms with E-state index in [2.05, 4.69) is 0 Å². The van der Waals surface area contributed by atoms with Crippen LogP contribution in [0.15, 0.2) is 12.2 Å². The van der Waals surface area contributed by atoms with Gasteiger partial charge in [0.2, 0.25) is 0 Å². The Labute approximate surface area is 146 Å². The number of carboxylic acids is 1. The average Bonchev–Trinajstić information content (AvgIpc) is 2.79. The molecule has 0 saturated carbocycles. The molecule has 0 spiro atoms. The van der Waals surface area contributed by atoms with Gasteiger partial charge in [0.05, 0.1) is 13.2 Å². The third-order valence-electron chi connectivity index (χ3n) is 5.25. The van der Waals surface area contributed by atoms with Crippen molar-refractivity contribution in [3.63, 3.8) is 0 Å². The van der Waals surface area contributed by atoms with Crippen molar-refractivity contribution in [1.82, 2.24) is 10.0 Å². The molecule has 2 fully saturated rings. The maximum absolute atomic E-state index is 13.0. The number of hydrogen-bond acceptors (Lipinski definition) is 5. The summed E-state index contributed by atoms with van der Waals surface area (Å²) in [5, 5.41) is 11.8. The van der Waals surface area contributed by atoms with Crippen molar-refractivity contribution >= 4 is 17.8 Å². The first kappa shape index (κ1) is 17.9. The minimum atomic E-state index is -1.56. The van der Waals surface area contributed by atoms with Gasteiger partial charge in [-0.3, -0.25) is 9.59 Å². The number of carbonyl (C=O) groups is 3. The SMILES string of the molecule is CC1(CCOC2CCCCO2)C(=O)N2CC=CC(C)(C(=O)O)N2C1=O. The fraction of sp³-hybridized carbons (Fsp3) is 0.706. The molecular formula is C17H24N2O6. The number of carboxylic acid groups (broad SMARTS) is 1. The summed E-state index contributed by atoms with van der Waals surface area (Å²) >= 11 is 0. The number of hydrazine groups is 1. The molecule has 0 aromatic rings. The molecule has 8 nitrogen and oxygen atoms in total. The molecule has 0 aromatic carbocycles. The minimum Gasteiger partial charge on any atom is -0.479 e. The lowest BCUT2D eigenvalue weighted by atomic mass is 9.85. The summed E-state index contributed by atoms with van der Waals surface area (Å²) in [5.41, 5.74) is -2.88. The standard InChI is InChI=1S/C17H24N2O6/c1-16(8-11-25-12-6-3-4-10-24-12)13(20)18-9-5-7-17(2,15(22)23)19(18)14(16)21/h5,7,12H,3-4,6,8-11H2,1-2H3,(H,22,23). The molecule has 3 rings (SSSR count). The van der Waals surface area contributed by atoms with E-state index in [4.69, 9.17) is 9.47 Å². The molecule has 3 unspecified atom stereocenters.